The smallest absolute Gasteiger partial charge is 0.410 e. The molecule has 0 saturated carbocycles. The summed E-state index contributed by atoms with van der Waals surface area (Å²) >= 11 is 0. The van der Waals surface area contributed by atoms with Gasteiger partial charge >= 0.3 is 12.1 Å². The fraction of sp³-hybridized carbons (Fsp3) is 0.483. The van der Waals surface area contributed by atoms with Crippen LogP contribution in [0.1, 0.15) is 40.0 Å². The molecule has 1 amide bonds. The molecule has 216 valence electrons. The van der Waals surface area contributed by atoms with E-state index >= 15 is 0 Å². The SMILES string of the molecule is COc1nc(N)c2nc(-c3cncc(F)c3)n(CC3=CC=C(CN4C[C@@H]5C[C@H]4CN5C(=O)OC(C)(C)C)CC3)c2n1. The predicted octanol–water partition coefficient (Wildman–Crippen LogP) is 3.96. The first-order valence-corrected chi connectivity index (χ1v) is 13.9. The lowest BCUT2D eigenvalue weighted by atomic mass is 9.97. The van der Waals surface area contributed by atoms with Crippen molar-refractivity contribution in [2.24, 2.45) is 0 Å². The third kappa shape index (κ3) is 5.48. The molecule has 0 radical (unpaired) electrons. The fourth-order valence-corrected chi connectivity index (χ4v) is 5.93. The number of carbonyl (C=O) groups is 1. The number of hydrogen-bond acceptors (Lipinski definition) is 9. The number of methoxy groups -OCH3 is 1. The minimum Gasteiger partial charge on any atom is -0.467 e. The molecule has 6 rings (SSSR count). The van der Waals surface area contributed by atoms with Gasteiger partial charge in [-0.1, -0.05) is 23.3 Å². The van der Waals surface area contributed by atoms with Gasteiger partial charge in [0.2, 0.25) is 0 Å². The first-order valence-electron chi connectivity index (χ1n) is 13.9. The summed E-state index contributed by atoms with van der Waals surface area (Å²) in [5.41, 5.74) is 9.72. The van der Waals surface area contributed by atoms with E-state index in [9.17, 15) is 9.18 Å². The number of halogens is 1. The minimum atomic E-state index is -0.487. The number of amides is 1. The lowest BCUT2D eigenvalue weighted by Crippen LogP contribution is -2.50. The number of allylic oxidation sites excluding steroid dienone is 3. The number of piperazine rings is 1. The molecule has 5 heterocycles. The number of imidazole rings is 1. The maximum atomic E-state index is 14.1. The van der Waals surface area contributed by atoms with E-state index in [0.29, 0.717) is 41.7 Å². The highest BCUT2D eigenvalue weighted by Gasteiger charge is 2.46. The van der Waals surface area contributed by atoms with Crippen molar-refractivity contribution in [1.82, 2.24) is 34.3 Å². The molecule has 3 aliphatic rings. The Morgan fingerprint density at radius 3 is 2.46 bits per heavy atom. The maximum absolute atomic E-state index is 14.1. The summed E-state index contributed by atoms with van der Waals surface area (Å²) in [4.78, 5) is 34.3. The third-order valence-corrected chi connectivity index (χ3v) is 7.82. The largest absolute Gasteiger partial charge is 0.467 e. The molecule has 2 bridgehead atoms. The van der Waals surface area contributed by atoms with Crippen LogP contribution in [-0.2, 0) is 11.3 Å². The van der Waals surface area contributed by atoms with Gasteiger partial charge in [0.1, 0.15) is 17.2 Å². The van der Waals surface area contributed by atoms with Crippen LogP contribution in [0.25, 0.3) is 22.6 Å². The van der Waals surface area contributed by atoms with Crippen molar-refractivity contribution in [3.63, 3.8) is 0 Å². The van der Waals surface area contributed by atoms with Crippen LogP contribution in [0, 0.1) is 5.82 Å². The quantitative estimate of drug-likeness (QED) is 0.475. The maximum Gasteiger partial charge on any atom is 0.410 e. The number of nitrogen functional groups attached to an aromatic ring is 1. The molecule has 2 saturated heterocycles. The van der Waals surface area contributed by atoms with E-state index in [-0.39, 0.29) is 24.0 Å². The van der Waals surface area contributed by atoms with Gasteiger partial charge in [0, 0.05) is 50.0 Å². The van der Waals surface area contributed by atoms with Gasteiger partial charge in [-0.25, -0.2) is 14.2 Å². The molecule has 12 heteroatoms. The molecule has 3 aromatic heterocycles. The Morgan fingerprint density at radius 1 is 1.07 bits per heavy atom. The highest BCUT2D eigenvalue weighted by Crippen LogP contribution is 2.34. The van der Waals surface area contributed by atoms with Crippen LogP contribution >= 0.6 is 0 Å². The Bertz CT molecular complexity index is 1560. The molecule has 41 heavy (non-hydrogen) atoms. The van der Waals surface area contributed by atoms with E-state index in [2.05, 4.69) is 37.0 Å². The van der Waals surface area contributed by atoms with Gasteiger partial charge in [0.25, 0.3) is 0 Å². The van der Waals surface area contributed by atoms with E-state index in [1.165, 1.54) is 24.3 Å². The summed E-state index contributed by atoms with van der Waals surface area (Å²) < 4.78 is 26.8. The first-order chi connectivity index (χ1) is 19.6. The number of ether oxygens (including phenoxy) is 2. The standard InChI is InChI=1S/C29H35FN8O3/c1-29(2,3)41-28(39)37-16-21-10-22(37)15-36(21)13-17-5-7-18(8-6-17)14-38-25(19-9-20(30)12-32-11-19)33-23-24(31)34-27(40-4)35-26(23)38/h5,7,9,11-12,21-22H,6,8,10,13-16H2,1-4H3,(H2,31,34,35)/t21-,22-/m0/s1. The zero-order valence-corrected chi connectivity index (χ0v) is 23.8. The van der Waals surface area contributed by atoms with Crippen LogP contribution < -0.4 is 10.5 Å². The Kier molecular flexibility index (Phi) is 6.88. The van der Waals surface area contributed by atoms with Gasteiger partial charge < -0.3 is 24.7 Å². The second-order valence-corrected chi connectivity index (χ2v) is 11.9. The zero-order chi connectivity index (χ0) is 28.9. The molecular weight excluding hydrogens is 527 g/mol. The van der Waals surface area contributed by atoms with E-state index in [1.807, 2.05) is 30.2 Å². The van der Waals surface area contributed by atoms with Crippen molar-refractivity contribution < 1.29 is 18.7 Å². The molecule has 0 unspecified atom stereocenters. The molecule has 2 atom stereocenters. The van der Waals surface area contributed by atoms with Gasteiger partial charge in [-0.15, -0.1) is 0 Å². The molecule has 1 aliphatic carbocycles. The van der Waals surface area contributed by atoms with E-state index in [4.69, 9.17) is 15.2 Å². The molecule has 2 N–H and O–H groups in total. The van der Waals surface area contributed by atoms with Gasteiger partial charge in [-0.2, -0.15) is 9.97 Å². The van der Waals surface area contributed by atoms with Crippen molar-refractivity contribution in [2.75, 3.05) is 32.5 Å². The number of nitrogens with zero attached hydrogens (tertiary/aromatic N) is 7. The first kappa shape index (κ1) is 27.1. The Labute approximate surface area is 237 Å². The monoisotopic (exact) mass is 562 g/mol. The number of rotatable bonds is 6. The molecule has 0 spiro atoms. The van der Waals surface area contributed by atoms with Crippen molar-refractivity contribution in [3.8, 4) is 17.4 Å². The summed E-state index contributed by atoms with van der Waals surface area (Å²) in [7, 11) is 1.48. The average Bonchev–Trinajstić information content (AvgIpc) is 3.62. The molecule has 3 aromatic rings. The molecule has 0 aromatic carbocycles. The van der Waals surface area contributed by atoms with Gasteiger partial charge in [-0.3, -0.25) is 9.88 Å². The number of nitrogens with two attached hydrogens (primary N) is 1. The van der Waals surface area contributed by atoms with Crippen molar-refractivity contribution in [2.45, 2.75) is 64.3 Å². The van der Waals surface area contributed by atoms with Crippen molar-refractivity contribution >= 4 is 23.1 Å². The number of likely N-dealkylation sites (tertiary alicyclic amines) is 2. The summed E-state index contributed by atoms with van der Waals surface area (Å²) in [6, 6.07) is 2.11. The molecule has 2 fully saturated rings. The highest BCUT2D eigenvalue weighted by atomic mass is 19.1. The fourth-order valence-electron chi connectivity index (χ4n) is 5.93. The van der Waals surface area contributed by atoms with Crippen LogP contribution in [0.3, 0.4) is 0 Å². The Morgan fingerprint density at radius 2 is 1.83 bits per heavy atom. The van der Waals surface area contributed by atoms with Crippen LogP contribution in [0.2, 0.25) is 0 Å². The number of carbonyl (C=O) groups excluding carboxylic acids is 1. The Hall–Kier alpha value is -4.06. The topological polar surface area (TPSA) is 125 Å². The number of fused-ring (bicyclic) bond motifs is 3. The van der Waals surface area contributed by atoms with Crippen LogP contribution in [0.4, 0.5) is 15.0 Å². The number of anilines is 1. The average molecular weight is 563 g/mol. The van der Waals surface area contributed by atoms with Gasteiger partial charge in [0.15, 0.2) is 17.0 Å². The van der Waals surface area contributed by atoms with E-state index in [0.717, 1.165) is 38.5 Å². The van der Waals surface area contributed by atoms with E-state index in [1.54, 1.807) is 6.20 Å². The van der Waals surface area contributed by atoms with Crippen LogP contribution in [0.15, 0.2) is 41.8 Å². The van der Waals surface area contributed by atoms with Crippen molar-refractivity contribution in [3.05, 3.63) is 47.6 Å². The van der Waals surface area contributed by atoms with Gasteiger partial charge in [-0.05, 0) is 46.1 Å². The van der Waals surface area contributed by atoms with Crippen LogP contribution in [0.5, 0.6) is 6.01 Å². The predicted molar refractivity (Wildman–Crippen MR) is 152 cm³/mol. The summed E-state index contributed by atoms with van der Waals surface area (Å²) in [6.07, 6.45) is 9.67. The minimum absolute atomic E-state index is 0.144. The summed E-state index contributed by atoms with van der Waals surface area (Å²) in [5.74, 6) is 0.257. The van der Waals surface area contributed by atoms with Crippen molar-refractivity contribution in [1.29, 1.82) is 0 Å². The second kappa shape index (κ2) is 10.4. The van der Waals surface area contributed by atoms with Gasteiger partial charge in [0.05, 0.1) is 13.3 Å². The van der Waals surface area contributed by atoms with E-state index < -0.39 is 11.4 Å². The lowest BCUT2D eigenvalue weighted by Gasteiger charge is -2.35. The third-order valence-electron chi connectivity index (χ3n) is 7.82. The molecule has 2 aliphatic heterocycles. The number of pyridine rings is 1. The molecular formula is C29H35FN8O3. The highest BCUT2D eigenvalue weighted by molar-refractivity contribution is 5.86. The normalized spacial score (nSPS) is 20.9. The Balaban J connectivity index is 1.19. The summed E-state index contributed by atoms with van der Waals surface area (Å²) in [6.45, 7) is 8.68. The summed E-state index contributed by atoms with van der Waals surface area (Å²) in [5, 5.41) is 0. The van der Waals surface area contributed by atoms with Crippen LogP contribution in [-0.4, -0.2) is 84.8 Å². The lowest BCUT2D eigenvalue weighted by molar-refractivity contribution is 0.0136. The number of hydrogen-bond donors (Lipinski definition) is 1. The number of aromatic nitrogens is 5. The zero-order valence-electron chi connectivity index (χ0n) is 23.8. The molecule has 11 nitrogen and oxygen atoms in total. The second-order valence-electron chi connectivity index (χ2n) is 11.9.